The summed E-state index contributed by atoms with van der Waals surface area (Å²) in [7, 11) is 0. The van der Waals surface area contributed by atoms with Crippen molar-refractivity contribution in [1.82, 2.24) is 5.06 Å². The van der Waals surface area contributed by atoms with E-state index in [-0.39, 0.29) is 6.61 Å². The van der Waals surface area contributed by atoms with Crippen LogP contribution in [0.3, 0.4) is 0 Å². The van der Waals surface area contributed by atoms with Gasteiger partial charge in [0.1, 0.15) is 5.92 Å². The summed E-state index contributed by atoms with van der Waals surface area (Å²) >= 11 is 0. The van der Waals surface area contributed by atoms with Gasteiger partial charge in [-0.2, -0.15) is 18.4 Å². The molecule has 0 radical (unpaired) electrons. The van der Waals surface area contributed by atoms with Gasteiger partial charge in [0.2, 0.25) is 0 Å². The molecule has 4 nitrogen and oxygen atoms in total. The van der Waals surface area contributed by atoms with Crippen molar-refractivity contribution < 1.29 is 22.8 Å². The lowest BCUT2D eigenvalue weighted by Crippen LogP contribution is -2.40. The number of amides is 1. The molecule has 0 aliphatic carbocycles. The molecule has 2 atom stereocenters. The van der Waals surface area contributed by atoms with Gasteiger partial charge in [-0.05, 0) is 24.6 Å². The molecule has 0 spiro atoms. The average Bonchev–Trinajstić information content (AvgIpc) is 2.94. The molecule has 1 aliphatic rings. The number of hydrogen-bond acceptors (Lipinski definition) is 3. The van der Waals surface area contributed by atoms with Crippen molar-refractivity contribution in [2.75, 3.05) is 6.61 Å². The van der Waals surface area contributed by atoms with E-state index in [9.17, 15) is 18.0 Å². The van der Waals surface area contributed by atoms with Crippen molar-refractivity contribution in [2.45, 2.75) is 25.6 Å². The van der Waals surface area contributed by atoms with Crippen LogP contribution in [0.1, 0.15) is 30.5 Å². The quantitative estimate of drug-likeness (QED) is 0.843. The fourth-order valence-corrected chi connectivity index (χ4v) is 2.10. The van der Waals surface area contributed by atoms with Crippen molar-refractivity contribution in [3.63, 3.8) is 0 Å². The van der Waals surface area contributed by atoms with Gasteiger partial charge in [-0.15, -0.1) is 0 Å². The SMILES string of the molecule is C[C@H](C(=O)N1OCC[C@H]1c1ccc(C#N)cc1)C(F)(F)F. The van der Waals surface area contributed by atoms with Crippen LogP contribution in [0.4, 0.5) is 13.2 Å². The average molecular weight is 298 g/mol. The minimum absolute atomic E-state index is 0.182. The third-order valence-corrected chi connectivity index (χ3v) is 3.41. The van der Waals surface area contributed by atoms with Gasteiger partial charge < -0.3 is 0 Å². The zero-order valence-electron chi connectivity index (χ0n) is 11.2. The molecule has 1 aromatic rings. The normalized spacial score (nSPS) is 20.1. The summed E-state index contributed by atoms with van der Waals surface area (Å²) in [5.41, 5.74) is 1.09. The first-order valence-corrected chi connectivity index (χ1v) is 6.37. The number of hydroxylamine groups is 2. The predicted molar refractivity (Wildman–Crippen MR) is 66.5 cm³/mol. The number of carbonyl (C=O) groups excluding carboxylic acids is 1. The highest BCUT2D eigenvalue weighted by Gasteiger charge is 2.46. The van der Waals surface area contributed by atoms with Gasteiger partial charge in [0, 0.05) is 6.42 Å². The third kappa shape index (κ3) is 3.16. The van der Waals surface area contributed by atoms with E-state index in [1.807, 2.05) is 6.07 Å². The Morgan fingerprint density at radius 2 is 2.05 bits per heavy atom. The number of halogens is 3. The summed E-state index contributed by atoms with van der Waals surface area (Å²) in [5.74, 6) is -3.22. The summed E-state index contributed by atoms with van der Waals surface area (Å²) in [6.45, 7) is 1.00. The summed E-state index contributed by atoms with van der Waals surface area (Å²) in [6, 6.07) is 7.76. The largest absolute Gasteiger partial charge is 0.400 e. The summed E-state index contributed by atoms with van der Waals surface area (Å²) in [4.78, 5) is 17.0. The van der Waals surface area contributed by atoms with Gasteiger partial charge in [0.15, 0.2) is 0 Å². The fourth-order valence-electron chi connectivity index (χ4n) is 2.10. The van der Waals surface area contributed by atoms with E-state index in [0.29, 0.717) is 17.5 Å². The first-order chi connectivity index (χ1) is 9.84. The molecule has 21 heavy (non-hydrogen) atoms. The molecule has 112 valence electrons. The maximum absolute atomic E-state index is 12.6. The third-order valence-electron chi connectivity index (χ3n) is 3.41. The van der Waals surface area contributed by atoms with E-state index in [2.05, 4.69) is 0 Å². The van der Waals surface area contributed by atoms with Gasteiger partial charge >= 0.3 is 6.18 Å². The summed E-state index contributed by atoms with van der Waals surface area (Å²) in [5, 5.41) is 9.54. The van der Waals surface area contributed by atoms with Crippen LogP contribution in [-0.4, -0.2) is 23.8 Å². The number of benzene rings is 1. The number of nitriles is 1. The van der Waals surface area contributed by atoms with Crippen LogP contribution in [0.15, 0.2) is 24.3 Å². The highest BCUT2D eigenvalue weighted by molar-refractivity contribution is 5.79. The van der Waals surface area contributed by atoms with E-state index >= 15 is 0 Å². The standard InChI is InChI=1S/C14H13F3N2O2/c1-9(14(15,16)17)13(20)19-12(6-7-21-19)11-4-2-10(8-18)3-5-11/h2-5,9,12H,6-7H2,1H3/t9-,12+/m1/s1. The second kappa shape index (κ2) is 5.74. The number of rotatable bonds is 2. The highest BCUT2D eigenvalue weighted by Crippen LogP contribution is 2.35. The Hall–Kier alpha value is -2.07. The predicted octanol–water partition coefficient (Wildman–Crippen LogP) is 2.96. The second-order valence-corrected chi connectivity index (χ2v) is 4.80. The van der Waals surface area contributed by atoms with Crippen molar-refractivity contribution in [1.29, 1.82) is 5.26 Å². The van der Waals surface area contributed by atoms with Crippen molar-refractivity contribution in [2.24, 2.45) is 5.92 Å². The smallest absolute Gasteiger partial charge is 0.272 e. The minimum atomic E-state index is -4.60. The molecule has 0 aromatic heterocycles. The molecule has 0 unspecified atom stereocenters. The van der Waals surface area contributed by atoms with Gasteiger partial charge in [-0.3, -0.25) is 9.63 Å². The Labute approximate surface area is 119 Å². The van der Waals surface area contributed by atoms with Gasteiger partial charge in [-0.1, -0.05) is 12.1 Å². The van der Waals surface area contributed by atoms with Crippen LogP contribution in [-0.2, 0) is 9.63 Å². The zero-order valence-corrected chi connectivity index (χ0v) is 11.2. The van der Waals surface area contributed by atoms with E-state index in [0.717, 1.165) is 12.0 Å². The Morgan fingerprint density at radius 3 is 2.57 bits per heavy atom. The van der Waals surface area contributed by atoms with Gasteiger partial charge in [0.05, 0.1) is 24.3 Å². The molecular weight excluding hydrogens is 285 g/mol. The van der Waals surface area contributed by atoms with Gasteiger partial charge in [-0.25, -0.2) is 5.06 Å². The molecule has 0 bridgehead atoms. The zero-order chi connectivity index (χ0) is 15.6. The van der Waals surface area contributed by atoms with E-state index < -0.39 is 24.0 Å². The van der Waals surface area contributed by atoms with Crippen LogP contribution < -0.4 is 0 Å². The van der Waals surface area contributed by atoms with Crippen LogP contribution in [0.25, 0.3) is 0 Å². The Morgan fingerprint density at radius 1 is 1.43 bits per heavy atom. The van der Waals surface area contributed by atoms with E-state index in [1.54, 1.807) is 24.3 Å². The number of hydrogen-bond donors (Lipinski definition) is 0. The molecule has 1 aliphatic heterocycles. The number of carbonyl (C=O) groups is 1. The maximum Gasteiger partial charge on any atom is 0.400 e. The molecular formula is C14H13F3N2O2. The lowest BCUT2D eigenvalue weighted by atomic mass is 10.0. The Bertz CT molecular complexity index is 563. The second-order valence-electron chi connectivity index (χ2n) is 4.80. The van der Waals surface area contributed by atoms with E-state index in [1.165, 1.54) is 0 Å². The molecule has 1 heterocycles. The van der Waals surface area contributed by atoms with Crippen molar-refractivity contribution in [3.8, 4) is 6.07 Å². The molecule has 2 rings (SSSR count). The van der Waals surface area contributed by atoms with Crippen molar-refractivity contribution >= 4 is 5.91 Å². The Kier molecular flexibility index (Phi) is 4.19. The van der Waals surface area contributed by atoms with Crippen LogP contribution >= 0.6 is 0 Å². The summed E-state index contributed by atoms with van der Waals surface area (Å²) < 4.78 is 37.9. The maximum atomic E-state index is 12.6. The van der Waals surface area contributed by atoms with Crippen molar-refractivity contribution in [3.05, 3.63) is 35.4 Å². The van der Waals surface area contributed by atoms with Crippen LogP contribution in [0, 0.1) is 17.2 Å². The molecule has 7 heteroatoms. The number of nitrogens with zero attached hydrogens (tertiary/aromatic N) is 2. The van der Waals surface area contributed by atoms with Gasteiger partial charge in [0.25, 0.3) is 5.91 Å². The lowest BCUT2D eigenvalue weighted by Gasteiger charge is -2.26. The molecule has 1 saturated heterocycles. The first-order valence-electron chi connectivity index (χ1n) is 6.37. The molecule has 1 aromatic carbocycles. The topological polar surface area (TPSA) is 53.3 Å². The molecule has 0 N–H and O–H groups in total. The van der Waals surface area contributed by atoms with E-state index in [4.69, 9.17) is 10.1 Å². The fraction of sp³-hybridized carbons (Fsp3) is 0.429. The monoisotopic (exact) mass is 298 g/mol. The van der Waals surface area contributed by atoms with Crippen LogP contribution in [0.2, 0.25) is 0 Å². The van der Waals surface area contributed by atoms with Crippen LogP contribution in [0.5, 0.6) is 0 Å². The molecule has 1 amide bonds. The molecule has 0 saturated carbocycles. The summed E-state index contributed by atoms with van der Waals surface area (Å²) in [6.07, 6.45) is -4.18. The Balaban J connectivity index is 2.20. The number of alkyl halides is 3. The first kappa shape index (κ1) is 15.3. The molecule has 1 fully saturated rings. The highest BCUT2D eigenvalue weighted by atomic mass is 19.4. The lowest BCUT2D eigenvalue weighted by molar-refractivity contribution is -0.213. The minimum Gasteiger partial charge on any atom is -0.272 e.